The Morgan fingerprint density at radius 3 is 2.73 bits per heavy atom. The highest BCUT2D eigenvalue weighted by Gasteiger charge is 2.19. The second kappa shape index (κ2) is 5.31. The Morgan fingerprint density at radius 1 is 1.53 bits per heavy atom. The average molecular weight is 271 g/mol. The molecule has 0 heterocycles. The lowest BCUT2D eigenvalue weighted by Gasteiger charge is -2.13. The molecule has 0 aliphatic carbocycles. The molecular formula is C12H15BrO2. The van der Waals surface area contributed by atoms with Crippen molar-refractivity contribution < 1.29 is 9.53 Å². The van der Waals surface area contributed by atoms with E-state index < -0.39 is 0 Å². The lowest BCUT2D eigenvalue weighted by atomic mass is 10.00. The van der Waals surface area contributed by atoms with Crippen LogP contribution in [0.15, 0.2) is 18.2 Å². The molecule has 0 aliphatic heterocycles. The molecular weight excluding hydrogens is 256 g/mol. The van der Waals surface area contributed by atoms with Crippen LogP contribution in [0.25, 0.3) is 0 Å². The second-order valence-corrected chi connectivity index (χ2v) is 4.36. The van der Waals surface area contributed by atoms with Crippen molar-refractivity contribution in [1.82, 2.24) is 0 Å². The number of carbonyl (C=O) groups is 1. The van der Waals surface area contributed by atoms with E-state index in [9.17, 15) is 4.79 Å². The molecule has 1 unspecified atom stereocenters. The van der Waals surface area contributed by atoms with Gasteiger partial charge in [-0.3, -0.25) is 4.79 Å². The molecule has 0 radical (unpaired) electrons. The molecule has 2 nitrogen and oxygen atoms in total. The summed E-state index contributed by atoms with van der Waals surface area (Å²) in [5, 5.41) is 0. The maximum atomic E-state index is 11.4. The highest BCUT2D eigenvalue weighted by molar-refractivity contribution is 9.09. The van der Waals surface area contributed by atoms with Crippen molar-refractivity contribution in [2.75, 3.05) is 7.11 Å². The fourth-order valence-corrected chi connectivity index (χ4v) is 2.15. The molecule has 1 aromatic carbocycles. The quantitative estimate of drug-likeness (QED) is 0.623. The monoisotopic (exact) mass is 270 g/mol. The summed E-state index contributed by atoms with van der Waals surface area (Å²) in [6.45, 7) is 4.12. The third-order valence-corrected chi connectivity index (χ3v) is 3.23. The van der Waals surface area contributed by atoms with Gasteiger partial charge in [0.15, 0.2) is 0 Å². The van der Waals surface area contributed by atoms with Crippen LogP contribution >= 0.6 is 15.9 Å². The van der Waals surface area contributed by atoms with Crippen LogP contribution in [-0.4, -0.2) is 13.1 Å². The lowest BCUT2D eigenvalue weighted by Crippen LogP contribution is -2.10. The van der Waals surface area contributed by atoms with Crippen LogP contribution in [-0.2, 0) is 16.0 Å². The first kappa shape index (κ1) is 12.2. The van der Waals surface area contributed by atoms with Gasteiger partial charge in [0.25, 0.3) is 0 Å². The molecule has 0 fully saturated rings. The first-order valence-electron chi connectivity index (χ1n) is 4.91. The normalized spacial score (nSPS) is 12.3. The molecule has 0 spiro atoms. The number of aryl methyl sites for hydroxylation is 2. The van der Waals surface area contributed by atoms with Crippen LogP contribution in [0.5, 0.6) is 0 Å². The van der Waals surface area contributed by atoms with E-state index in [4.69, 9.17) is 4.74 Å². The molecule has 0 aromatic heterocycles. The summed E-state index contributed by atoms with van der Waals surface area (Å²) in [5.74, 6) is -0.256. The Kier molecular flexibility index (Phi) is 4.33. The van der Waals surface area contributed by atoms with Crippen molar-refractivity contribution in [2.24, 2.45) is 0 Å². The van der Waals surface area contributed by atoms with Crippen molar-refractivity contribution in [2.45, 2.75) is 25.1 Å². The number of alkyl halides is 1. The van der Waals surface area contributed by atoms with Gasteiger partial charge in [-0.15, -0.1) is 0 Å². The fraction of sp³-hybridized carbons (Fsp3) is 0.417. The lowest BCUT2D eigenvalue weighted by molar-refractivity contribution is -0.139. The first-order valence-corrected chi connectivity index (χ1v) is 5.83. The maximum Gasteiger partial charge on any atom is 0.324 e. The van der Waals surface area contributed by atoms with Gasteiger partial charge in [-0.1, -0.05) is 46.6 Å². The Labute approximate surface area is 98.8 Å². The molecule has 82 valence electrons. The third-order valence-electron chi connectivity index (χ3n) is 2.36. The Hall–Kier alpha value is -0.830. The molecule has 1 atom stereocenters. The highest BCUT2D eigenvalue weighted by atomic mass is 79.9. The Morgan fingerprint density at radius 2 is 2.20 bits per heavy atom. The van der Waals surface area contributed by atoms with E-state index in [0.717, 1.165) is 12.0 Å². The molecule has 0 saturated carbocycles. The molecule has 1 aromatic rings. The van der Waals surface area contributed by atoms with Crippen LogP contribution in [0, 0.1) is 6.92 Å². The minimum Gasteiger partial charge on any atom is -0.468 e. The van der Waals surface area contributed by atoms with E-state index in [1.807, 2.05) is 19.1 Å². The molecule has 1 rings (SSSR count). The van der Waals surface area contributed by atoms with Crippen molar-refractivity contribution >= 4 is 21.9 Å². The predicted octanol–water partition coefficient (Wildman–Crippen LogP) is 3.17. The summed E-state index contributed by atoms with van der Waals surface area (Å²) in [5.41, 5.74) is 3.39. The van der Waals surface area contributed by atoms with E-state index >= 15 is 0 Å². The predicted molar refractivity (Wildman–Crippen MR) is 64.2 cm³/mol. The van der Waals surface area contributed by atoms with Crippen LogP contribution in [0.4, 0.5) is 0 Å². The summed E-state index contributed by atoms with van der Waals surface area (Å²) < 4.78 is 4.71. The number of carbonyl (C=O) groups excluding carboxylic acids is 1. The summed E-state index contributed by atoms with van der Waals surface area (Å²) in [7, 11) is 1.40. The van der Waals surface area contributed by atoms with E-state index in [2.05, 4.69) is 28.9 Å². The van der Waals surface area contributed by atoms with Crippen LogP contribution in [0.3, 0.4) is 0 Å². The van der Waals surface area contributed by atoms with Crippen molar-refractivity contribution in [3.8, 4) is 0 Å². The third kappa shape index (κ3) is 2.81. The van der Waals surface area contributed by atoms with Crippen molar-refractivity contribution in [3.63, 3.8) is 0 Å². The zero-order valence-electron chi connectivity index (χ0n) is 9.21. The fourth-order valence-electron chi connectivity index (χ4n) is 1.52. The van der Waals surface area contributed by atoms with Gasteiger partial charge in [-0.05, 0) is 24.5 Å². The number of hydrogen-bond acceptors (Lipinski definition) is 2. The van der Waals surface area contributed by atoms with E-state index in [-0.39, 0.29) is 10.8 Å². The number of ether oxygens (including phenoxy) is 1. The van der Waals surface area contributed by atoms with Gasteiger partial charge >= 0.3 is 5.97 Å². The Bertz CT molecular complexity index is 361. The molecule has 0 N–H and O–H groups in total. The molecule has 15 heavy (non-hydrogen) atoms. The van der Waals surface area contributed by atoms with Crippen LogP contribution < -0.4 is 0 Å². The van der Waals surface area contributed by atoms with Gasteiger partial charge in [0.05, 0.1) is 7.11 Å². The van der Waals surface area contributed by atoms with Gasteiger partial charge < -0.3 is 4.74 Å². The van der Waals surface area contributed by atoms with Crippen molar-refractivity contribution in [1.29, 1.82) is 0 Å². The summed E-state index contributed by atoms with van der Waals surface area (Å²) in [6.07, 6.45) is 0.913. The van der Waals surface area contributed by atoms with E-state index in [1.54, 1.807) is 0 Å². The average Bonchev–Trinajstić information content (AvgIpc) is 2.26. The standard InChI is InChI=1S/C12H15BrO2/c1-4-9-7-8(2)5-6-10(9)11(13)12(14)15-3/h5-7,11H,4H2,1-3H3. The SMILES string of the molecule is CCc1cc(C)ccc1C(Br)C(=O)OC. The summed E-state index contributed by atoms with van der Waals surface area (Å²) in [4.78, 5) is 11.0. The largest absolute Gasteiger partial charge is 0.468 e. The summed E-state index contributed by atoms with van der Waals surface area (Å²) in [6, 6.07) is 6.09. The molecule has 0 bridgehead atoms. The van der Waals surface area contributed by atoms with Gasteiger partial charge in [-0.25, -0.2) is 0 Å². The molecule has 0 aliphatic rings. The van der Waals surface area contributed by atoms with Gasteiger partial charge in [0.1, 0.15) is 4.83 Å². The first-order chi connectivity index (χ1) is 7.10. The Balaban J connectivity index is 3.07. The molecule has 0 amide bonds. The van der Waals surface area contributed by atoms with Gasteiger partial charge in [-0.2, -0.15) is 0 Å². The van der Waals surface area contributed by atoms with Gasteiger partial charge in [0, 0.05) is 0 Å². The maximum absolute atomic E-state index is 11.4. The molecule has 0 saturated heterocycles. The number of halogens is 1. The number of esters is 1. The zero-order chi connectivity index (χ0) is 11.4. The second-order valence-electron chi connectivity index (χ2n) is 3.44. The molecule has 3 heteroatoms. The van der Waals surface area contributed by atoms with E-state index in [1.165, 1.54) is 18.2 Å². The van der Waals surface area contributed by atoms with Crippen LogP contribution in [0.2, 0.25) is 0 Å². The summed E-state index contributed by atoms with van der Waals surface area (Å²) >= 11 is 3.35. The highest BCUT2D eigenvalue weighted by Crippen LogP contribution is 2.28. The van der Waals surface area contributed by atoms with Crippen LogP contribution in [0.1, 0.15) is 28.4 Å². The zero-order valence-corrected chi connectivity index (χ0v) is 10.8. The number of rotatable bonds is 3. The minimum absolute atomic E-state index is 0.256. The van der Waals surface area contributed by atoms with E-state index in [0.29, 0.717) is 0 Å². The topological polar surface area (TPSA) is 26.3 Å². The number of methoxy groups -OCH3 is 1. The van der Waals surface area contributed by atoms with Crippen molar-refractivity contribution in [3.05, 3.63) is 34.9 Å². The minimum atomic E-state index is -0.363. The smallest absolute Gasteiger partial charge is 0.324 e. The number of benzene rings is 1. The van der Waals surface area contributed by atoms with Gasteiger partial charge in [0.2, 0.25) is 0 Å². The number of hydrogen-bond donors (Lipinski definition) is 0.